The number of hydrogen-bond acceptors (Lipinski definition) is 5. The van der Waals surface area contributed by atoms with E-state index in [9.17, 15) is 22.0 Å². The van der Waals surface area contributed by atoms with Crippen molar-refractivity contribution in [2.75, 3.05) is 7.11 Å². The van der Waals surface area contributed by atoms with Crippen molar-refractivity contribution in [1.29, 1.82) is 0 Å². The summed E-state index contributed by atoms with van der Waals surface area (Å²) in [6.07, 6.45) is -8.52. The van der Waals surface area contributed by atoms with Gasteiger partial charge in [-0.3, -0.25) is 0 Å². The number of aromatic nitrogens is 4. The highest BCUT2D eigenvalue weighted by Gasteiger charge is 2.38. The van der Waals surface area contributed by atoms with Gasteiger partial charge in [0.15, 0.2) is 5.65 Å². The molecule has 0 fully saturated rings. The van der Waals surface area contributed by atoms with Crippen LogP contribution in [0.3, 0.4) is 0 Å². The number of alkyl halides is 5. The summed E-state index contributed by atoms with van der Waals surface area (Å²) in [6, 6.07) is 6.53. The fraction of sp³-hybridized carbons (Fsp3) is 0.267. The first-order valence-electron chi connectivity index (χ1n) is 7.13. The first kappa shape index (κ1) is 18.0. The van der Waals surface area contributed by atoms with Crippen LogP contribution in [0.2, 0.25) is 0 Å². The molecule has 0 N–H and O–H groups in total. The first-order chi connectivity index (χ1) is 12.1. The Balaban J connectivity index is 2.04. The van der Waals surface area contributed by atoms with E-state index in [-0.39, 0.29) is 11.3 Å². The third-order valence-corrected chi connectivity index (χ3v) is 3.49. The minimum atomic E-state index is -4.81. The van der Waals surface area contributed by atoms with Crippen LogP contribution in [-0.2, 0) is 10.8 Å². The van der Waals surface area contributed by atoms with Gasteiger partial charge in [-0.25, -0.2) is 0 Å². The van der Waals surface area contributed by atoms with Crippen molar-refractivity contribution < 1.29 is 31.4 Å². The molecule has 0 aliphatic carbocycles. The molecule has 0 atom stereocenters. The molecule has 0 aliphatic heterocycles. The second-order valence-corrected chi connectivity index (χ2v) is 5.26. The summed E-state index contributed by atoms with van der Waals surface area (Å²) in [5, 5.41) is 11.0. The quantitative estimate of drug-likeness (QED) is 0.652. The summed E-state index contributed by atoms with van der Waals surface area (Å²) in [5.74, 6) is -1.21. The summed E-state index contributed by atoms with van der Waals surface area (Å²) in [5.41, 5.74) is 1.14. The number of rotatable bonds is 4. The minimum Gasteiger partial charge on any atom is -0.406 e. The van der Waals surface area contributed by atoms with Crippen LogP contribution in [0.1, 0.15) is 11.4 Å². The molecule has 0 saturated heterocycles. The molecule has 6 nitrogen and oxygen atoms in total. The first-order valence-corrected chi connectivity index (χ1v) is 7.13. The molecule has 2 aromatic heterocycles. The van der Waals surface area contributed by atoms with E-state index in [1.807, 2.05) is 0 Å². The highest BCUT2D eigenvalue weighted by molar-refractivity contribution is 5.65. The zero-order chi connectivity index (χ0) is 19.1. The van der Waals surface area contributed by atoms with Crippen LogP contribution in [-0.4, -0.2) is 33.3 Å². The second kappa shape index (κ2) is 6.16. The van der Waals surface area contributed by atoms with Gasteiger partial charge in [-0.05, 0) is 42.8 Å². The highest BCUT2D eigenvalue weighted by Crippen LogP contribution is 2.30. The molecule has 0 radical (unpaired) electrons. The standard InChI is InChI=1S/C15H11F5N4O2/c1-8-7-9(26-15(18,19)20)3-4-10(8)11-5-6-12-21-22-13(24(12)23-11)14(16,17)25-2/h3-7H,1-2H3. The number of methoxy groups -OCH3 is 1. The average molecular weight is 374 g/mol. The van der Waals surface area contributed by atoms with Gasteiger partial charge >= 0.3 is 12.5 Å². The van der Waals surface area contributed by atoms with Crippen molar-refractivity contribution in [3.63, 3.8) is 0 Å². The fourth-order valence-electron chi connectivity index (χ4n) is 2.33. The van der Waals surface area contributed by atoms with Gasteiger partial charge in [-0.15, -0.1) is 23.4 Å². The molecule has 0 bridgehead atoms. The van der Waals surface area contributed by atoms with E-state index in [4.69, 9.17) is 0 Å². The van der Waals surface area contributed by atoms with E-state index >= 15 is 0 Å². The normalized spacial score (nSPS) is 12.6. The number of nitrogens with zero attached hydrogens (tertiary/aromatic N) is 4. The van der Waals surface area contributed by atoms with E-state index in [1.54, 1.807) is 6.92 Å². The van der Waals surface area contributed by atoms with Crippen molar-refractivity contribution in [2.24, 2.45) is 0 Å². The monoisotopic (exact) mass is 374 g/mol. The van der Waals surface area contributed by atoms with E-state index < -0.39 is 24.0 Å². The Bertz CT molecular complexity index is 955. The number of hydrogen-bond donors (Lipinski definition) is 0. The summed E-state index contributed by atoms with van der Waals surface area (Å²) in [4.78, 5) is 0. The van der Waals surface area contributed by atoms with Crippen LogP contribution < -0.4 is 4.74 Å². The third kappa shape index (κ3) is 3.43. The zero-order valence-electron chi connectivity index (χ0n) is 13.4. The number of halogens is 5. The molecule has 11 heteroatoms. The maximum absolute atomic E-state index is 13.8. The number of benzene rings is 1. The second-order valence-electron chi connectivity index (χ2n) is 5.26. The van der Waals surface area contributed by atoms with Gasteiger partial charge in [-0.1, -0.05) is 0 Å². The minimum absolute atomic E-state index is 0.0650. The third-order valence-electron chi connectivity index (χ3n) is 3.49. The van der Waals surface area contributed by atoms with Gasteiger partial charge in [-0.2, -0.15) is 18.4 Å². The molecule has 3 aromatic rings. The summed E-state index contributed by atoms with van der Waals surface area (Å²) < 4.78 is 73.2. The molecule has 0 amide bonds. The Morgan fingerprint density at radius 1 is 1.00 bits per heavy atom. The van der Waals surface area contributed by atoms with Crippen molar-refractivity contribution in [3.8, 4) is 17.0 Å². The lowest BCUT2D eigenvalue weighted by atomic mass is 10.1. The van der Waals surface area contributed by atoms with Crippen LogP contribution in [0, 0.1) is 6.92 Å². The number of ether oxygens (including phenoxy) is 2. The van der Waals surface area contributed by atoms with Crippen LogP contribution in [0.5, 0.6) is 5.75 Å². The Hall–Kier alpha value is -2.82. The molecular formula is C15H11F5N4O2. The molecule has 0 spiro atoms. The van der Waals surface area contributed by atoms with Crippen molar-refractivity contribution in [2.45, 2.75) is 19.4 Å². The summed E-state index contributed by atoms with van der Waals surface area (Å²) in [6.45, 7) is 1.54. The molecule has 138 valence electrons. The lowest BCUT2D eigenvalue weighted by Gasteiger charge is -2.13. The Labute approximate surface area is 143 Å². The summed E-state index contributed by atoms with van der Waals surface area (Å²) >= 11 is 0. The molecule has 26 heavy (non-hydrogen) atoms. The molecule has 0 saturated carbocycles. The molecular weight excluding hydrogens is 363 g/mol. The zero-order valence-corrected chi connectivity index (χ0v) is 13.4. The average Bonchev–Trinajstić information content (AvgIpc) is 2.97. The van der Waals surface area contributed by atoms with Gasteiger partial charge in [0.25, 0.3) is 5.82 Å². The van der Waals surface area contributed by atoms with E-state index in [0.29, 0.717) is 11.1 Å². The molecule has 2 heterocycles. The molecule has 1 aromatic carbocycles. The Kier molecular flexibility index (Phi) is 4.26. The van der Waals surface area contributed by atoms with Crippen LogP contribution in [0.25, 0.3) is 16.9 Å². The van der Waals surface area contributed by atoms with Crippen molar-refractivity contribution in [3.05, 3.63) is 41.7 Å². The van der Waals surface area contributed by atoms with E-state index in [1.165, 1.54) is 24.3 Å². The maximum Gasteiger partial charge on any atom is 0.573 e. The lowest BCUT2D eigenvalue weighted by Crippen LogP contribution is -2.20. The lowest BCUT2D eigenvalue weighted by molar-refractivity contribution is -0.274. The molecule has 3 rings (SSSR count). The van der Waals surface area contributed by atoms with Crippen molar-refractivity contribution >= 4 is 5.65 Å². The van der Waals surface area contributed by atoms with Gasteiger partial charge in [0.05, 0.1) is 5.69 Å². The van der Waals surface area contributed by atoms with Gasteiger partial charge in [0.2, 0.25) is 0 Å². The van der Waals surface area contributed by atoms with Crippen molar-refractivity contribution in [1.82, 2.24) is 19.8 Å². The number of fused-ring (bicyclic) bond motifs is 1. The largest absolute Gasteiger partial charge is 0.573 e. The fourth-order valence-corrected chi connectivity index (χ4v) is 2.33. The topological polar surface area (TPSA) is 61.5 Å². The molecule has 0 unspecified atom stereocenters. The predicted molar refractivity (Wildman–Crippen MR) is 78.5 cm³/mol. The number of aryl methyl sites for hydroxylation is 1. The highest BCUT2D eigenvalue weighted by atomic mass is 19.4. The SMILES string of the molecule is COC(F)(F)c1nnc2ccc(-c3ccc(OC(F)(F)F)cc3C)nn12. The summed E-state index contributed by atoms with van der Waals surface area (Å²) in [7, 11) is 0.814. The van der Waals surface area contributed by atoms with E-state index in [2.05, 4.69) is 24.8 Å². The predicted octanol–water partition coefficient (Wildman–Crippen LogP) is 3.69. The van der Waals surface area contributed by atoms with E-state index in [0.717, 1.165) is 17.7 Å². The van der Waals surface area contributed by atoms with Crippen LogP contribution in [0.15, 0.2) is 30.3 Å². The van der Waals surface area contributed by atoms with Gasteiger partial charge in [0, 0.05) is 12.7 Å². The van der Waals surface area contributed by atoms with Gasteiger partial charge in [0.1, 0.15) is 5.75 Å². The maximum atomic E-state index is 13.8. The Morgan fingerprint density at radius 3 is 2.35 bits per heavy atom. The van der Waals surface area contributed by atoms with Crippen LogP contribution in [0.4, 0.5) is 22.0 Å². The smallest absolute Gasteiger partial charge is 0.406 e. The van der Waals surface area contributed by atoms with Crippen LogP contribution >= 0.6 is 0 Å². The Morgan fingerprint density at radius 2 is 1.73 bits per heavy atom. The molecule has 0 aliphatic rings. The van der Waals surface area contributed by atoms with Gasteiger partial charge < -0.3 is 9.47 Å².